The molecule has 0 amide bonds. The van der Waals surface area contributed by atoms with E-state index in [2.05, 4.69) is 42.2 Å². The molecule has 3 heteroatoms. The standard InChI is InChI=1S/C10H14.H6OSi2/c1-3-9-7-5-6-8-10(9)4-2;2-1-3/h5-8H,3-4H2,1-2H3;2-3H3. The molecule has 13 heavy (non-hydrogen) atoms. The molecule has 0 heterocycles. The molecule has 0 N–H and O–H groups in total. The van der Waals surface area contributed by atoms with Gasteiger partial charge >= 0.3 is 0 Å². The molecule has 1 aromatic carbocycles. The highest BCUT2D eigenvalue weighted by molar-refractivity contribution is 6.15. The molecule has 1 nitrogen and oxygen atoms in total. The van der Waals surface area contributed by atoms with Crippen molar-refractivity contribution >= 4 is 21.0 Å². The maximum atomic E-state index is 4.53. The Labute approximate surface area is 87.6 Å². The van der Waals surface area contributed by atoms with Crippen LogP contribution in [-0.4, -0.2) is 21.0 Å². The predicted octanol–water partition coefficient (Wildman–Crippen LogP) is 0.375. The van der Waals surface area contributed by atoms with E-state index in [0.29, 0.717) is 0 Å². The summed E-state index contributed by atoms with van der Waals surface area (Å²) in [4.78, 5) is 0. The van der Waals surface area contributed by atoms with Crippen molar-refractivity contribution in [3.05, 3.63) is 35.4 Å². The van der Waals surface area contributed by atoms with Gasteiger partial charge in [-0.15, -0.1) is 0 Å². The number of aryl methyl sites for hydroxylation is 2. The summed E-state index contributed by atoms with van der Waals surface area (Å²) >= 11 is 0. The molecule has 0 aliphatic carbocycles. The molecule has 0 spiro atoms. The van der Waals surface area contributed by atoms with Gasteiger partial charge in [0.1, 0.15) is 21.0 Å². The Morgan fingerprint density at radius 1 is 1.00 bits per heavy atom. The van der Waals surface area contributed by atoms with Crippen LogP contribution in [0, 0.1) is 0 Å². The summed E-state index contributed by atoms with van der Waals surface area (Å²) in [5, 5.41) is 0. The van der Waals surface area contributed by atoms with Gasteiger partial charge in [0.15, 0.2) is 0 Å². The molecule has 0 radical (unpaired) electrons. The fourth-order valence-electron chi connectivity index (χ4n) is 1.25. The topological polar surface area (TPSA) is 9.23 Å². The molecule has 74 valence electrons. The summed E-state index contributed by atoms with van der Waals surface area (Å²) in [5.41, 5.74) is 2.98. The summed E-state index contributed by atoms with van der Waals surface area (Å²) in [6, 6.07) is 8.63. The zero-order valence-electron chi connectivity index (χ0n) is 9.13. The minimum Gasteiger partial charge on any atom is -0.471 e. The van der Waals surface area contributed by atoms with E-state index in [1.165, 1.54) is 11.1 Å². The second kappa shape index (κ2) is 8.22. The van der Waals surface area contributed by atoms with Gasteiger partial charge in [-0.25, -0.2) is 0 Å². The van der Waals surface area contributed by atoms with Crippen LogP contribution in [0.2, 0.25) is 0 Å². The summed E-state index contributed by atoms with van der Waals surface area (Å²) < 4.78 is 4.53. The van der Waals surface area contributed by atoms with Crippen molar-refractivity contribution in [3.63, 3.8) is 0 Å². The normalized spacial score (nSPS) is 9.38. The first kappa shape index (κ1) is 12.6. The second-order valence-corrected chi connectivity index (χ2v) is 6.15. The van der Waals surface area contributed by atoms with E-state index in [1.54, 1.807) is 0 Å². The molecule has 1 aromatic rings. The molecule has 0 atom stereocenters. The molecule has 0 aliphatic rings. The van der Waals surface area contributed by atoms with Crippen LogP contribution < -0.4 is 0 Å². The van der Waals surface area contributed by atoms with E-state index in [1.807, 2.05) is 0 Å². The van der Waals surface area contributed by atoms with E-state index in [4.69, 9.17) is 0 Å². The third-order valence-corrected chi connectivity index (χ3v) is 1.88. The van der Waals surface area contributed by atoms with Crippen LogP contribution in [0.1, 0.15) is 25.0 Å². The number of benzene rings is 1. The van der Waals surface area contributed by atoms with Crippen LogP contribution in [-0.2, 0) is 17.0 Å². The maximum Gasteiger partial charge on any atom is 0.129 e. The molecule has 0 bridgehead atoms. The van der Waals surface area contributed by atoms with Crippen LogP contribution in [0.5, 0.6) is 0 Å². The highest BCUT2D eigenvalue weighted by atomic mass is 28.3. The van der Waals surface area contributed by atoms with Gasteiger partial charge in [0.25, 0.3) is 0 Å². The highest BCUT2D eigenvalue weighted by Crippen LogP contribution is 2.08. The van der Waals surface area contributed by atoms with Crippen LogP contribution in [0.25, 0.3) is 0 Å². The molecule has 0 unspecified atom stereocenters. The van der Waals surface area contributed by atoms with Crippen molar-refractivity contribution in [1.29, 1.82) is 0 Å². The summed E-state index contributed by atoms with van der Waals surface area (Å²) in [5.74, 6) is 0. The molecular formula is C10H20OSi2. The van der Waals surface area contributed by atoms with Crippen LogP contribution in [0.4, 0.5) is 0 Å². The second-order valence-electron chi connectivity index (χ2n) is 2.88. The summed E-state index contributed by atoms with van der Waals surface area (Å²) in [6.07, 6.45) is 2.31. The Bertz CT molecular complexity index is 203. The van der Waals surface area contributed by atoms with Crippen molar-refractivity contribution in [2.75, 3.05) is 0 Å². The van der Waals surface area contributed by atoms with Gasteiger partial charge in [0, 0.05) is 0 Å². The first-order valence-corrected chi connectivity index (χ1v) is 6.40. The Kier molecular flexibility index (Phi) is 7.98. The average Bonchev–Trinajstić information content (AvgIpc) is 2.19. The lowest BCUT2D eigenvalue weighted by Gasteiger charge is -2.02. The van der Waals surface area contributed by atoms with Crippen molar-refractivity contribution < 1.29 is 4.12 Å². The molecule has 0 saturated heterocycles. The molecule has 0 fully saturated rings. The van der Waals surface area contributed by atoms with E-state index in [0.717, 1.165) is 33.8 Å². The lowest BCUT2D eigenvalue weighted by molar-refractivity contribution is 0.690. The van der Waals surface area contributed by atoms with Crippen LogP contribution in [0.15, 0.2) is 24.3 Å². The molecule has 0 aromatic heterocycles. The minimum absolute atomic E-state index is 0.931. The van der Waals surface area contributed by atoms with Gasteiger partial charge in [-0.05, 0) is 24.0 Å². The van der Waals surface area contributed by atoms with E-state index in [9.17, 15) is 0 Å². The Morgan fingerprint density at radius 2 is 1.31 bits per heavy atom. The minimum atomic E-state index is 0.931. The highest BCUT2D eigenvalue weighted by Gasteiger charge is 1.93. The van der Waals surface area contributed by atoms with Gasteiger partial charge in [0.05, 0.1) is 0 Å². The monoisotopic (exact) mass is 212 g/mol. The smallest absolute Gasteiger partial charge is 0.129 e. The van der Waals surface area contributed by atoms with Crippen molar-refractivity contribution in [2.45, 2.75) is 26.7 Å². The fourth-order valence-corrected chi connectivity index (χ4v) is 1.25. The van der Waals surface area contributed by atoms with Crippen molar-refractivity contribution in [1.82, 2.24) is 0 Å². The zero-order chi connectivity index (χ0) is 10.1. The SMILES string of the molecule is CCc1ccccc1CC.[SiH3]O[SiH3]. The third-order valence-electron chi connectivity index (χ3n) is 1.88. The maximum absolute atomic E-state index is 4.53. The number of rotatable bonds is 2. The molecular weight excluding hydrogens is 192 g/mol. The van der Waals surface area contributed by atoms with Crippen molar-refractivity contribution in [3.8, 4) is 0 Å². The van der Waals surface area contributed by atoms with Gasteiger partial charge in [-0.2, -0.15) is 0 Å². The number of hydrogen-bond acceptors (Lipinski definition) is 1. The number of hydrogen-bond donors (Lipinski definition) is 0. The Morgan fingerprint density at radius 3 is 1.54 bits per heavy atom. The van der Waals surface area contributed by atoms with E-state index in [-0.39, 0.29) is 0 Å². The van der Waals surface area contributed by atoms with E-state index >= 15 is 0 Å². The lowest BCUT2D eigenvalue weighted by Crippen LogP contribution is -1.88. The largest absolute Gasteiger partial charge is 0.471 e. The molecule has 0 aliphatic heterocycles. The zero-order valence-corrected chi connectivity index (χ0v) is 13.1. The van der Waals surface area contributed by atoms with Gasteiger partial charge < -0.3 is 4.12 Å². The average molecular weight is 212 g/mol. The molecule has 0 saturated carbocycles. The Balaban J connectivity index is 0.000000424. The van der Waals surface area contributed by atoms with Gasteiger partial charge in [-0.1, -0.05) is 38.1 Å². The predicted molar refractivity (Wildman–Crippen MR) is 66.2 cm³/mol. The Hall–Kier alpha value is -0.386. The van der Waals surface area contributed by atoms with Crippen LogP contribution in [0.3, 0.4) is 0 Å². The van der Waals surface area contributed by atoms with Crippen LogP contribution >= 0.6 is 0 Å². The first-order chi connectivity index (χ1) is 6.29. The summed E-state index contributed by atoms with van der Waals surface area (Å²) in [6.45, 7) is 4.41. The fraction of sp³-hybridized carbons (Fsp3) is 0.400. The quantitative estimate of drug-likeness (QED) is 0.644. The van der Waals surface area contributed by atoms with Gasteiger partial charge in [-0.3, -0.25) is 0 Å². The van der Waals surface area contributed by atoms with Gasteiger partial charge in [0.2, 0.25) is 0 Å². The third kappa shape index (κ3) is 5.03. The molecule has 1 rings (SSSR count). The van der Waals surface area contributed by atoms with E-state index < -0.39 is 0 Å². The summed E-state index contributed by atoms with van der Waals surface area (Å²) in [7, 11) is 1.86. The lowest BCUT2D eigenvalue weighted by atomic mass is 10.0. The first-order valence-electron chi connectivity index (χ1n) is 4.77. The van der Waals surface area contributed by atoms with Crippen molar-refractivity contribution in [2.24, 2.45) is 0 Å².